The predicted octanol–water partition coefficient (Wildman–Crippen LogP) is 34.3. The van der Waals surface area contributed by atoms with Crippen molar-refractivity contribution in [1.29, 1.82) is 0 Å². The lowest BCUT2D eigenvalue weighted by molar-refractivity contribution is 0.503. The Morgan fingerprint density at radius 3 is 1.06 bits per heavy atom. The highest BCUT2D eigenvalue weighted by atomic mass is 28.3. The van der Waals surface area contributed by atoms with Crippen molar-refractivity contribution >= 4 is 139 Å². The first-order valence-corrected chi connectivity index (χ1v) is 53.7. The minimum Gasteiger partial charge on any atom is -0.455 e. The minimum absolute atomic E-state index is 0.0256. The van der Waals surface area contributed by atoms with Crippen molar-refractivity contribution in [3.8, 4) is 44.5 Å². The van der Waals surface area contributed by atoms with Crippen LogP contribution in [-0.2, 0) is 32.5 Å². The number of fused-ring (bicyclic) bond motifs is 16. The van der Waals surface area contributed by atoms with Crippen molar-refractivity contribution in [2.24, 2.45) is 0 Å². The highest BCUT2D eigenvalue weighted by molar-refractivity contribution is 6.89. The van der Waals surface area contributed by atoms with E-state index >= 15 is 0 Å². The fourth-order valence-corrected chi connectivity index (χ4v) is 24.8. The normalized spacial score (nSPS) is 13.8. The summed E-state index contributed by atoms with van der Waals surface area (Å²) in [6.07, 6.45) is 10.3. The third-order valence-electron chi connectivity index (χ3n) is 29.3. The fourth-order valence-electron chi connectivity index (χ4n) is 21.2. The van der Waals surface area contributed by atoms with Crippen LogP contribution in [0.4, 0.5) is 68.2 Å². The van der Waals surface area contributed by atoms with Crippen LogP contribution in [0.2, 0.25) is 32.2 Å². The Morgan fingerprint density at radius 2 is 0.647 bits per heavy atom. The second kappa shape index (κ2) is 32.6. The summed E-state index contributed by atoms with van der Waals surface area (Å²) >= 11 is 0. The number of benzene rings is 16. The summed E-state index contributed by atoms with van der Waals surface area (Å²) in [5.41, 5.74) is 35.0. The van der Waals surface area contributed by atoms with Gasteiger partial charge in [0.05, 0.1) is 44.4 Å². The lowest BCUT2D eigenvalue weighted by Gasteiger charge is -2.33. The predicted molar refractivity (Wildman–Crippen MR) is 573 cm³/mol. The second-order valence-corrected chi connectivity index (χ2v) is 50.4. The molecule has 0 radical (unpaired) electrons. The summed E-state index contributed by atoms with van der Waals surface area (Å²) in [5, 5.41) is 7.28. The maximum atomic E-state index is 7.36. The standard InChI is InChI=1S/C125H118N4O2Si2/c1-120(2,3)86-42-54-91(55-43-86)127(93-62-68-100(69-63-93)132(14)15)98-66-72-102-106(78-98)124(12,13)108-80-110(116-104-34-24-26-36-112(104)130-118(116)114(102)108)129(96-58-46-88(47-59-96)122(7,8)9)97-64-70-101(71-65-97)133(16,17)77-76-123(10,11)89-48-60-92(61-49-89)126(90-50-38-84(39-51-90)82-30-20-18-21-31-82)99-67-73-103-107(79-99)125(74-28-29-75-125)109-81-111(117-105-35-25-27-37-113(105)131-119(117)115(103)109)128(95-56-44-87(45-57-95)121(4,5)6)94-52-40-85(41-53-94)83-32-22-19-23-33-83/h18-75,78-81,132H,76-77H2,1-17H3. The molecule has 16 aromatic carbocycles. The van der Waals surface area contributed by atoms with Crippen LogP contribution in [0.1, 0.15) is 141 Å². The van der Waals surface area contributed by atoms with E-state index in [1.165, 1.54) is 93.8 Å². The maximum absolute atomic E-state index is 7.36. The summed E-state index contributed by atoms with van der Waals surface area (Å²) in [5.74, 6) is 0. The number of hydrogen-bond acceptors (Lipinski definition) is 6. The van der Waals surface area contributed by atoms with Gasteiger partial charge in [0, 0.05) is 84.2 Å². The molecule has 0 aliphatic heterocycles. The molecule has 133 heavy (non-hydrogen) atoms. The molecule has 3 aliphatic carbocycles. The summed E-state index contributed by atoms with van der Waals surface area (Å²) in [4.78, 5) is 9.90. The van der Waals surface area contributed by atoms with E-state index in [1.54, 1.807) is 0 Å². The lowest BCUT2D eigenvalue weighted by Crippen LogP contribution is -2.42. The highest BCUT2D eigenvalue weighted by Crippen LogP contribution is 2.62. The number of allylic oxidation sites excluding steroid dienone is 4. The van der Waals surface area contributed by atoms with Crippen molar-refractivity contribution in [3.63, 3.8) is 0 Å². The molecule has 21 rings (SSSR count). The van der Waals surface area contributed by atoms with Gasteiger partial charge in [0.15, 0.2) is 0 Å². The summed E-state index contributed by atoms with van der Waals surface area (Å²) in [6, 6.07) is 134. The minimum atomic E-state index is -2.12. The van der Waals surface area contributed by atoms with E-state index in [0.29, 0.717) is 0 Å². The van der Waals surface area contributed by atoms with Crippen LogP contribution in [0.5, 0.6) is 0 Å². The second-order valence-electron chi connectivity index (χ2n) is 42.6. The van der Waals surface area contributed by atoms with E-state index in [4.69, 9.17) is 8.83 Å². The van der Waals surface area contributed by atoms with Gasteiger partial charge >= 0.3 is 0 Å². The van der Waals surface area contributed by atoms with E-state index in [1.807, 2.05) is 0 Å². The number of para-hydroxylation sites is 2. The molecule has 658 valence electrons. The molecular formula is C125H118N4O2Si2. The average Bonchev–Trinajstić information content (AvgIpc) is 1.53. The van der Waals surface area contributed by atoms with Crippen molar-refractivity contribution < 1.29 is 8.83 Å². The van der Waals surface area contributed by atoms with E-state index < -0.39 is 27.7 Å². The van der Waals surface area contributed by atoms with Crippen LogP contribution >= 0.6 is 0 Å². The van der Waals surface area contributed by atoms with Crippen molar-refractivity contribution in [2.75, 3.05) is 19.6 Å². The number of rotatable bonds is 20. The molecule has 0 bridgehead atoms. The lowest BCUT2D eigenvalue weighted by atomic mass is 9.79. The molecule has 8 heteroatoms. The topological polar surface area (TPSA) is 39.2 Å². The van der Waals surface area contributed by atoms with Crippen molar-refractivity contribution in [3.05, 3.63) is 421 Å². The Morgan fingerprint density at radius 1 is 0.316 bits per heavy atom. The SMILES string of the molecule is C[SiH](C)c1ccc(N(c2ccc(C(C)(C)C)cc2)c2ccc3c(c2)C(C)(C)c2cc(N(c4ccc(C(C)(C)C)cc4)c4ccc([Si](C)(C)CCC(C)(C)c5ccc(N(c6ccc(-c7ccccc7)cc6)c6ccc7c(c6)C6(C=CC=C6)c6cc(N(c8ccc(-c9ccccc9)cc8)c8ccc(C(C)(C)C)cc8)c8c(oc9ccccc98)c6-7)cc5)cc4)c4c(oc5ccccc54)c2-3)cc1. The van der Waals surface area contributed by atoms with Gasteiger partial charge in [-0.15, -0.1) is 0 Å². The average molecular weight is 1760 g/mol. The molecule has 0 saturated carbocycles. The largest absolute Gasteiger partial charge is 0.455 e. The molecular weight excluding hydrogens is 1650 g/mol. The number of furan rings is 2. The van der Waals surface area contributed by atoms with Gasteiger partial charge in [-0.2, -0.15) is 0 Å². The zero-order valence-corrected chi connectivity index (χ0v) is 82.0. The van der Waals surface area contributed by atoms with Gasteiger partial charge < -0.3 is 28.4 Å². The van der Waals surface area contributed by atoms with Gasteiger partial charge in [-0.25, -0.2) is 0 Å². The molecule has 0 amide bonds. The van der Waals surface area contributed by atoms with Gasteiger partial charge in [0.2, 0.25) is 0 Å². The Balaban J connectivity index is 0.613. The molecule has 6 nitrogen and oxygen atoms in total. The Hall–Kier alpha value is -13.8. The van der Waals surface area contributed by atoms with Crippen LogP contribution in [-0.4, -0.2) is 16.9 Å². The molecule has 0 unspecified atom stereocenters. The first kappa shape index (κ1) is 86.0. The Labute approximate surface area is 788 Å². The number of hydrogen-bond donors (Lipinski definition) is 0. The molecule has 1 spiro atoms. The van der Waals surface area contributed by atoms with Gasteiger partial charge in [-0.1, -0.05) is 363 Å². The number of anilines is 12. The first-order chi connectivity index (χ1) is 63.9. The Kier molecular flexibility index (Phi) is 21.1. The zero-order valence-electron chi connectivity index (χ0n) is 79.9. The first-order valence-electron chi connectivity index (χ1n) is 47.7. The van der Waals surface area contributed by atoms with E-state index in [9.17, 15) is 0 Å². The van der Waals surface area contributed by atoms with Crippen LogP contribution < -0.4 is 30.0 Å². The molecule has 2 heterocycles. The number of nitrogens with zero attached hydrogens (tertiary/aromatic N) is 4. The quantitative estimate of drug-likeness (QED) is 0.0708. The molecule has 0 fully saturated rings. The monoisotopic (exact) mass is 1760 g/mol. The molecule has 0 N–H and O–H groups in total. The summed E-state index contributed by atoms with van der Waals surface area (Å²) in [7, 11) is -3.14. The van der Waals surface area contributed by atoms with Gasteiger partial charge in [-0.05, 0) is 252 Å². The van der Waals surface area contributed by atoms with Gasteiger partial charge in [0.25, 0.3) is 0 Å². The fraction of sp³-hybridized carbons (Fsp3) is 0.200. The molecule has 18 aromatic rings. The van der Waals surface area contributed by atoms with E-state index in [2.05, 4.69) is 512 Å². The third kappa shape index (κ3) is 15.2. The molecule has 0 saturated heterocycles. The van der Waals surface area contributed by atoms with E-state index in [0.717, 1.165) is 130 Å². The third-order valence-corrected chi connectivity index (χ3v) is 34.4. The summed E-state index contributed by atoms with van der Waals surface area (Å²) in [6.45, 7) is 40.4. The zero-order chi connectivity index (χ0) is 92.0. The maximum Gasteiger partial charge on any atom is 0.145 e. The molecule has 0 atom stereocenters. The summed E-state index contributed by atoms with van der Waals surface area (Å²) < 4.78 is 14.7. The molecule has 2 aromatic heterocycles. The van der Waals surface area contributed by atoms with Gasteiger partial charge in [0.1, 0.15) is 22.3 Å². The van der Waals surface area contributed by atoms with Crippen LogP contribution in [0, 0.1) is 0 Å². The molecule has 3 aliphatic rings. The van der Waals surface area contributed by atoms with Crippen LogP contribution in [0.15, 0.2) is 385 Å². The van der Waals surface area contributed by atoms with Crippen molar-refractivity contribution in [1.82, 2.24) is 0 Å². The van der Waals surface area contributed by atoms with Crippen LogP contribution in [0.25, 0.3) is 88.4 Å². The smallest absolute Gasteiger partial charge is 0.145 e. The van der Waals surface area contributed by atoms with Crippen molar-refractivity contribution in [2.45, 2.75) is 161 Å². The Bertz CT molecular complexity index is 7540. The van der Waals surface area contributed by atoms with Gasteiger partial charge in [-0.3, -0.25) is 0 Å². The highest BCUT2D eigenvalue weighted by Gasteiger charge is 2.46. The van der Waals surface area contributed by atoms with E-state index in [-0.39, 0.29) is 21.7 Å². The van der Waals surface area contributed by atoms with Crippen LogP contribution in [0.3, 0.4) is 0 Å².